The molecule has 0 spiro atoms. The summed E-state index contributed by atoms with van der Waals surface area (Å²) in [7, 11) is -3.52. The molecule has 17 heavy (non-hydrogen) atoms. The van der Waals surface area contributed by atoms with E-state index in [0.717, 1.165) is 7.11 Å². The predicted octanol–water partition coefficient (Wildman–Crippen LogP) is -1.79. The molecule has 1 rings (SSSR count). The van der Waals surface area contributed by atoms with Crippen molar-refractivity contribution < 1.29 is 38.9 Å². The van der Waals surface area contributed by atoms with Crippen LogP contribution in [0.3, 0.4) is 0 Å². The van der Waals surface area contributed by atoms with Gasteiger partial charge in [-0.2, -0.15) is 0 Å². The van der Waals surface area contributed by atoms with Crippen LogP contribution in [0.25, 0.3) is 0 Å². The van der Waals surface area contributed by atoms with Crippen LogP contribution in [0.15, 0.2) is 0 Å². The molecule has 0 heterocycles. The van der Waals surface area contributed by atoms with E-state index in [1.807, 2.05) is 0 Å². The smallest absolute Gasteiger partial charge is 0.390 e. The first kappa shape index (κ1) is 15.0. The minimum Gasteiger partial charge on any atom is -0.390 e. The molecule has 0 radical (unpaired) electrons. The van der Waals surface area contributed by atoms with E-state index in [-0.39, 0.29) is 0 Å². The Labute approximate surface area is 98.0 Å². The summed E-state index contributed by atoms with van der Waals surface area (Å²) >= 11 is 0. The van der Waals surface area contributed by atoms with Crippen LogP contribution < -0.4 is 0 Å². The maximum Gasteiger partial charge on any atom is 0.472 e. The molecule has 5 N–H and O–H groups in total. The van der Waals surface area contributed by atoms with Gasteiger partial charge < -0.3 is 25.3 Å². The Hall–Kier alpha value is -0.0500. The van der Waals surface area contributed by atoms with Gasteiger partial charge in [0.2, 0.25) is 0 Å². The summed E-state index contributed by atoms with van der Waals surface area (Å²) in [4.78, 5) is 9.08. The standard InChI is InChI=1S/C8H17O8P/c1-3-4(9)6(11)8(7(12)5(3)10)16-17(13,14)15-2/h3-12H,1-2H3,(H,13,14). The highest BCUT2D eigenvalue weighted by Crippen LogP contribution is 2.46. The lowest BCUT2D eigenvalue weighted by atomic mass is 9.80. The number of rotatable bonds is 3. The first-order valence-corrected chi connectivity index (χ1v) is 6.50. The van der Waals surface area contributed by atoms with Crippen LogP contribution in [-0.2, 0) is 13.6 Å². The van der Waals surface area contributed by atoms with Gasteiger partial charge in [-0.3, -0.25) is 9.05 Å². The van der Waals surface area contributed by atoms with Gasteiger partial charge in [-0.25, -0.2) is 4.57 Å². The normalized spacial score (nSPS) is 46.5. The molecular formula is C8H17O8P. The second-order valence-electron chi connectivity index (χ2n) is 4.04. The summed E-state index contributed by atoms with van der Waals surface area (Å²) in [5.74, 6) is -0.791. The Kier molecular flexibility index (Phi) is 4.67. The zero-order valence-corrected chi connectivity index (χ0v) is 10.3. The van der Waals surface area contributed by atoms with Crippen LogP contribution in [0.5, 0.6) is 0 Å². The third kappa shape index (κ3) is 3.04. The zero-order chi connectivity index (χ0) is 13.4. The molecule has 1 aliphatic rings. The van der Waals surface area contributed by atoms with Gasteiger partial charge in [0.1, 0.15) is 18.3 Å². The van der Waals surface area contributed by atoms with E-state index in [2.05, 4.69) is 9.05 Å². The van der Waals surface area contributed by atoms with Crippen molar-refractivity contribution in [1.82, 2.24) is 0 Å². The van der Waals surface area contributed by atoms with Crippen LogP contribution >= 0.6 is 7.82 Å². The molecule has 8 nitrogen and oxygen atoms in total. The molecule has 0 aromatic rings. The molecule has 0 amide bonds. The first-order chi connectivity index (χ1) is 7.71. The number of aliphatic hydroxyl groups excluding tert-OH is 4. The SMILES string of the molecule is COP(=O)(O)OC1C(O)C(O)C(C)C(O)C1O. The Morgan fingerprint density at radius 2 is 1.41 bits per heavy atom. The Bertz CT molecular complexity index is 294. The van der Waals surface area contributed by atoms with E-state index < -0.39 is 44.3 Å². The Morgan fingerprint density at radius 1 is 1.00 bits per heavy atom. The highest BCUT2D eigenvalue weighted by atomic mass is 31.2. The number of hydrogen-bond acceptors (Lipinski definition) is 7. The average Bonchev–Trinajstić information content (AvgIpc) is 2.30. The van der Waals surface area contributed by atoms with E-state index >= 15 is 0 Å². The van der Waals surface area contributed by atoms with Crippen LogP contribution in [0.1, 0.15) is 6.92 Å². The van der Waals surface area contributed by atoms with Crippen LogP contribution in [0.2, 0.25) is 0 Å². The van der Waals surface area contributed by atoms with Gasteiger partial charge in [0.05, 0.1) is 12.2 Å². The first-order valence-electron chi connectivity index (χ1n) is 5.00. The van der Waals surface area contributed by atoms with Crippen molar-refractivity contribution in [3.05, 3.63) is 0 Å². The van der Waals surface area contributed by atoms with Gasteiger partial charge in [-0.05, 0) is 0 Å². The van der Waals surface area contributed by atoms with Crippen LogP contribution in [-0.4, -0.2) is 62.9 Å². The van der Waals surface area contributed by atoms with Crippen molar-refractivity contribution in [2.24, 2.45) is 5.92 Å². The van der Waals surface area contributed by atoms with E-state index in [0.29, 0.717) is 0 Å². The van der Waals surface area contributed by atoms with Gasteiger partial charge >= 0.3 is 7.82 Å². The number of hydrogen-bond donors (Lipinski definition) is 5. The summed E-state index contributed by atoms with van der Waals surface area (Å²) in [5, 5.41) is 38.4. The number of phosphoric acid groups is 1. The lowest BCUT2D eigenvalue weighted by Crippen LogP contribution is -2.60. The summed E-state index contributed by atoms with van der Waals surface area (Å²) in [6.07, 6.45) is -7.56. The van der Waals surface area contributed by atoms with E-state index in [1.165, 1.54) is 6.92 Å². The summed E-state index contributed by atoms with van der Waals surface area (Å²) in [5.41, 5.74) is 0. The molecule has 9 heteroatoms. The van der Waals surface area contributed by atoms with Crippen molar-refractivity contribution in [3.8, 4) is 0 Å². The highest BCUT2D eigenvalue weighted by molar-refractivity contribution is 7.47. The molecule has 5 atom stereocenters. The van der Waals surface area contributed by atoms with Crippen LogP contribution in [0.4, 0.5) is 0 Å². The Morgan fingerprint density at radius 3 is 1.76 bits per heavy atom. The third-order valence-corrected chi connectivity index (χ3v) is 3.91. The maximum atomic E-state index is 11.2. The van der Waals surface area contributed by atoms with Gasteiger partial charge in [0.15, 0.2) is 0 Å². The van der Waals surface area contributed by atoms with Crippen molar-refractivity contribution in [3.63, 3.8) is 0 Å². The molecule has 1 saturated carbocycles. The van der Waals surface area contributed by atoms with E-state index in [9.17, 15) is 25.0 Å². The number of aliphatic hydroxyl groups is 4. The predicted molar refractivity (Wildman–Crippen MR) is 54.9 cm³/mol. The van der Waals surface area contributed by atoms with Crippen molar-refractivity contribution in [2.45, 2.75) is 37.4 Å². The maximum absolute atomic E-state index is 11.2. The largest absolute Gasteiger partial charge is 0.472 e. The van der Waals surface area contributed by atoms with Gasteiger partial charge in [0.25, 0.3) is 0 Å². The van der Waals surface area contributed by atoms with Crippen molar-refractivity contribution in [2.75, 3.05) is 7.11 Å². The minimum atomic E-state index is -4.43. The molecule has 0 saturated heterocycles. The van der Waals surface area contributed by atoms with Crippen LogP contribution in [0, 0.1) is 5.92 Å². The summed E-state index contributed by atoms with van der Waals surface area (Å²) in [6.45, 7) is 1.42. The second-order valence-corrected chi connectivity index (χ2v) is 5.56. The Balaban J connectivity index is 2.87. The molecule has 0 bridgehead atoms. The summed E-state index contributed by atoms with van der Waals surface area (Å²) < 4.78 is 19.8. The quantitative estimate of drug-likeness (QED) is 0.380. The zero-order valence-electron chi connectivity index (χ0n) is 9.37. The summed E-state index contributed by atoms with van der Waals surface area (Å²) in [6, 6.07) is 0. The lowest BCUT2D eigenvalue weighted by molar-refractivity contribution is -0.196. The van der Waals surface area contributed by atoms with Gasteiger partial charge in [-0.1, -0.05) is 6.92 Å². The number of phosphoric ester groups is 1. The van der Waals surface area contributed by atoms with E-state index in [1.54, 1.807) is 0 Å². The molecule has 0 aromatic heterocycles. The molecule has 0 aliphatic heterocycles. The molecule has 102 valence electrons. The fraction of sp³-hybridized carbons (Fsp3) is 1.00. The van der Waals surface area contributed by atoms with Crippen molar-refractivity contribution in [1.29, 1.82) is 0 Å². The molecule has 1 fully saturated rings. The fourth-order valence-electron chi connectivity index (χ4n) is 1.74. The molecular weight excluding hydrogens is 255 g/mol. The molecule has 5 unspecified atom stereocenters. The molecule has 1 aliphatic carbocycles. The topological polar surface area (TPSA) is 137 Å². The van der Waals surface area contributed by atoms with Crippen molar-refractivity contribution >= 4 is 7.82 Å². The lowest BCUT2D eigenvalue weighted by Gasteiger charge is -2.42. The second kappa shape index (κ2) is 5.29. The minimum absolute atomic E-state index is 0.791. The third-order valence-electron chi connectivity index (χ3n) is 2.94. The monoisotopic (exact) mass is 272 g/mol. The van der Waals surface area contributed by atoms with Gasteiger partial charge in [-0.15, -0.1) is 0 Å². The molecule has 0 aromatic carbocycles. The average molecular weight is 272 g/mol. The van der Waals surface area contributed by atoms with E-state index in [4.69, 9.17) is 4.89 Å². The fourth-order valence-corrected chi connectivity index (χ4v) is 2.38. The highest BCUT2D eigenvalue weighted by Gasteiger charge is 2.49. The van der Waals surface area contributed by atoms with Gasteiger partial charge in [0, 0.05) is 13.0 Å².